The van der Waals surface area contributed by atoms with Gasteiger partial charge in [0.25, 0.3) is 0 Å². The summed E-state index contributed by atoms with van der Waals surface area (Å²) in [5.74, 6) is 0. The highest BCUT2D eigenvalue weighted by Crippen LogP contribution is 2.22. The van der Waals surface area contributed by atoms with Crippen LogP contribution >= 0.6 is 0 Å². The van der Waals surface area contributed by atoms with Crippen molar-refractivity contribution in [1.29, 1.82) is 0 Å². The number of hydrogen-bond donors (Lipinski definition) is 1. The van der Waals surface area contributed by atoms with Crippen molar-refractivity contribution >= 4 is 5.69 Å². The zero-order chi connectivity index (χ0) is 11.5. The Labute approximate surface area is 96.4 Å². The van der Waals surface area contributed by atoms with Crippen LogP contribution < -0.4 is 5.32 Å². The van der Waals surface area contributed by atoms with Gasteiger partial charge in [0.2, 0.25) is 0 Å². The summed E-state index contributed by atoms with van der Waals surface area (Å²) in [6.45, 7) is 4.22. The second kappa shape index (κ2) is 4.35. The Morgan fingerprint density at radius 3 is 2.31 bits per heavy atom. The molecule has 0 bridgehead atoms. The Hall–Kier alpha value is -1.83. The van der Waals surface area contributed by atoms with Crippen LogP contribution in [0.3, 0.4) is 0 Å². The maximum atomic E-state index is 4.40. The van der Waals surface area contributed by atoms with Crippen LogP contribution in [0.5, 0.6) is 0 Å². The number of aromatic nitrogens is 1. The van der Waals surface area contributed by atoms with Gasteiger partial charge in [-0.2, -0.15) is 0 Å². The molecule has 0 radical (unpaired) electrons. The third-order valence-electron chi connectivity index (χ3n) is 2.57. The van der Waals surface area contributed by atoms with Crippen LogP contribution in [-0.2, 0) is 0 Å². The Kier molecular flexibility index (Phi) is 2.91. The molecule has 0 saturated carbocycles. The molecule has 1 N–H and O–H groups in total. The second-order valence-corrected chi connectivity index (χ2v) is 4.06. The van der Waals surface area contributed by atoms with Crippen molar-refractivity contribution in [1.82, 2.24) is 4.98 Å². The first-order chi connectivity index (χ1) is 7.69. The van der Waals surface area contributed by atoms with Crippen molar-refractivity contribution in [2.45, 2.75) is 13.8 Å². The molecule has 0 saturated heterocycles. The van der Waals surface area contributed by atoms with Gasteiger partial charge in [0, 0.05) is 24.5 Å². The maximum absolute atomic E-state index is 4.40. The fraction of sp³-hybridized carbons (Fsp3) is 0.214. The van der Waals surface area contributed by atoms with Crippen LogP contribution in [0.4, 0.5) is 5.69 Å². The van der Waals surface area contributed by atoms with E-state index in [4.69, 9.17) is 0 Å². The second-order valence-electron chi connectivity index (χ2n) is 4.06. The van der Waals surface area contributed by atoms with Gasteiger partial charge in [0.15, 0.2) is 0 Å². The molecule has 0 aliphatic heterocycles. The standard InChI is InChI=1S/C14H16N2/c1-10-6-11(2)8-12(7-10)14-9-13(15-3)4-5-16-14/h4-9H,1-3H3,(H,15,16). The Morgan fingerprint density at radius 2 is 1.69 bits per heavy atom. The summed E-state index contributed by atoms with van der Waals surface area (Å²) in [6, 6.07) is 10.5. The fourth-order valence-corrected chi connectivity index (χ4v) is 1.87. The number of anilines is 1. The maximum Gasteiger partial charge on any atom is 0.0722 e. The van der Waals surface area contributed by atoms with Crippen LogP contribution in [0, 0.1) is 13.8 Å². The molecule has 0 unspecified atom stereocenters. The van der Waals surface area contributed by atoms with E-state index in [-0.39, 0.29) is 0 Å². The van der Waals surface area contributed by atoms with Gasteiger partial charge in [-0.15, -0.1) is 0 Å². The van der Waals surface area contributed by atoms with Crippen LogP contribution in [-0.4, -0.2) is 12.0 Å². The van der Waals surface area contributed by atoms with Crippen molar-refractivity contribution in [3.63, 3.8) is 0 Å². The summed E-state index contributed by atoms with van der Waals surface area (Å²) in [5, 5.41) is 3.13. The van der Waals surface area contributed by atoms with E-state index in [2.05, 4.69) is 48.4 Å². The predicted octanol–water partition coefficient (Wildman–Crippen LogP) is 3.41. The summed E-state index contributed by atoms with van der Waals surface area (Å²) in [5.41, 5.74) is 5.82. The SMILES string of the molecule is CNc1ccnc(-c2cc(C)cc(C)c2)c1. The first-order valence-electron chi connectivity index (χ1n) is 5.41. The average Bonchev–Trinajstić information content (AvgIpc) is 2.28. The Morgan fingerprint density at radius 1 is 1.00 bits per heavy atom. The number of hydrogen-bond acceptors (Lipinski definition) is 2. The van der Waals surface area contributed by atoms with Gasteiger partial charge >= 0.3 is 0 Å². The molecule has 2 heteroatoms. The minimum atomic E-state index is 1.01. The third kappa shape index (κ3) is 2.22. The van der Waals surface area contributed by atoms with Gasteiger partial charge in [0.1, 0.15) is 0 Å². The quantitative estimate of drug-likeness (QED) is 0.825. The number of rotatable bonds is 2. The Bertz CT molecular complexity index is 484. The molecule has 1 aromatic heterocycles. The van der Waals surface area contributed by atoms with Crippen LogP contribution in [0.15, 0.2) is 36.5 Å². The lowest BCUT2D eigenvalue weighted by Gasteiger charge is -2.06. The lowest BCUT2D eigenvalue weighted by Crippen LogP contribution is -1.91. The monoisotopic (exact) mass is 212 g/mol. The summed E-state index contributed by atoms with van der Waals surface area (Å²) in [4.78, 5) is 4.40. The number of pyridine rings is 1. The van der Waals surface area contributed by atoms with Crippen molar-refractivity contribution in [3.05, 3.63) is 47.7 Å². The molecular weight excluding hydrogens is 196 g/mol. The van der Waals surface area contributed by atoms with Crippen molar-refractivity contribution in [2.24, 2.45) is 0 Å². The largest absolute Gasteiger partial charge is 0.388 e. The average molecular weight is 212 g/mol. The minimum Gasteiger partial charge on any atom is -0.388 e. The third-order valence-corrected chi connectivity index (χ3v) is 2.57. The number of aryl methyl sites for hydroxylation is 2. The fourth-order valence-electron chi connectivity index (χ4n) is 1.87. The summed E-state index contributed by atoms with van der Waals surface area (Å²) >= 11 is 0. The van der Waals surface area contributed by atoms with E-state index >= 15 is 0 Å². The van der Waals surface area contributed by atoms with E-state index in [0.29, 0.717) is 0 Å². The number of nitrogens with one attached hydrogen (secondary N) is 1. The molecule has 1 heterocycles. The smallest absolute Gasteiger partial charge is 0.0722 e. The molecule has 2 nitrogen and oxygen atoms in total. The first-order valence-corrected chi connectivity index (χ1v) is 5.41. The van der Waals surface area contributed by atoms with Crippen LogP contribution in [0.25, 0.3) is 11.3 Å². The minimum absolute atomic E-state index is 1.01. The van der Waals surface area contributed by atoms with Crippen LogP contribution in [0.1, 0.15) is 11.1 Å². The molecule has 0 aliphatic carbocycles. The van der Waals surface area contributed by atoms with Gasteiger partial charge in [-0.3, -0.25) is 4.98 Å². The molecular formula is C14H16N2. The molecule has 2 rings (SSSR count). The molecule has 0 spiro atoms. The van der Waals surface area contributed by atoms with E-state index in [1.807, 2.05) is 19.3 Å². The first kappa shape index (κ1) is 10.7. The van der Waals surface area contributed by atoms with Crippen molar-refractivity contribution in [3.8, 4) is 11.3 Å². The molecule has 16 heavy (non-hydrogen) atoms. The predicted molar refractivity (Wildman–Crippen MR) is 68.7 cm³/mol. The summed E-state index contributed by atoms with van der Waals surface area (Å²) in [6.07, 6.45) is 1.83. The molecule has 0 aliphatic rings. The highest BCUT2D eigenvalue weighted by Gasteiger charge is 2.01. The van der Waals surface area contributed by atoms with Gasteiger partial charge < -0.3 is 5.32 Å². The number of nitrogens with zero attached hydrogens (tertiary/aromatic N) is 1. The number of benzene rings is 1. The Balaban J connectivity index is 2.49. The van der Waals surface area contributed by atoms with Gasteiger partial charge in [-0.05, 0) is 38.1 Å². The van der Waals surface area contributed by atoms with E-state index in [1.54, 1.807) is 0 Å². The lowest BCUT2D eigenvalue weighted by molar-refractivity contribution is 1.30. The van der Waals surface area contributed by atoms with Gasteiger partial charge in [0.05, 0.1) is 5.69 Å². The zero-order valence-electron chi connectivity index (χ0n) is 9.91. The van der Waals surface area contributed by atoms with E-state index in [0.717, 1.165) is 11.4 Å². The highest BCUT2D eigenvalue weighted by molar-refractivity contribution is 5.65. The van der Waals surface area contributed by atoms with Crippen LogP contribution in [0.2, 0.25) is 0 Å². The normalized spacial score (nSPS) is 10.2. The molecule has 1 aromatic carbocycles. The van der Waals surface area contributed by atoms with Gasteiger partial charge in [-0.25, -0.2) is 0 Å². The van der Waals surface area contributed by atoms with Crippen molar-refractivity contribution in [2.75, 3.05) is 12.4 Å². The van der Waals surface area contributed by atoms with Crippen molar-refractivity contribution < 1.29 is 0 Å². The van der Waals surface area contributed by atoms with Gasteiger partial charge in [-0.1, -0.05) is 17.2 Å². The summed E-state index contributed by atoms with van der Waals surface area (Å²) in [7, 11) is 1.92. The van der Waals surface area contributed by atoms with E-state index in [9.17, 15) is 0 Å². The molecule has 0 fully saturated rings. The van der Waals surface area contributed by atoms with E-state index in [1.165, 1.54) is 16.7 Å². The topological polar surface area (TPSA) is 24.9 Å². The van der Waals surface area contributed by atoms with E-state index < -0.39 is 0 Å². The summed E-state index contributed by atoms with van der Waals surface area (Å²) < 4.78 is 0. The molecule has 82 valence electrons. The molecule has 0 atom stereocenters. The zero-order valence-corrected chi connectivity index (χ0v) is 9.91. The lowest BCUT2D eigenvalue weighted by atomic mass is 10.0. The highest BCUT2D eigenvalue weighted by atomic mass is 14.8. The molecule has 2 aromatic rings. The molecule has 0 amide bonds.